The minimum atomic E-state index is 0.200. The van der Waals surface area contributed by atoms with E-state index in [0.29, 0.717) is 6.42 Å². The fourth-order valence-corrected chi connectivity index (χ4v) is 1.28. The van der Waals surface area contributed by atoms with Gasteiger partial charge in [0.2, 0.25) is 5.91 Å². The van der Waals surface area contributed by atoms with Crippen LogP contribution in [0.5, 0.6) is 0 Å². The molecule has 84 valence electrons. The zero-order valence-corrected chi connectivity index (χ0v) is 9.35. The SMILES string of the molecule is CCCCC(=O)NCCCCCCN. The average Bonchev–Trinajstić information content (AvgIpc) is 2.20. The van der Waals surface area contributed by atoms with Gasteiger partial charge in [0.1, 0.15) is 0 Å². The molecule has 0 radical (unpaired) electrons. The quantitative estimate of drug-likeness (QED) is 0.558. The van der Waals surface area contributed by atoms with E-state index in [1.807, 2.05) is 0 Å². The van der Waals surface area contributed by atoms with E-state index < -0.39 is 0 Å². The fraction of sp³-hybridized carbons (Fsp3) is 0.909. The van der Waals surface area contributed by atoms with Gasteiger partial charge in [0, 0.05) is 13.0 Å². The van der Waals surface area contributed by atoms with Gasteiger partial charge in [0.15, 0.2) is 0 Å². The number of nitrogens with one attached hydrogen (secondary N) is 1. The van der Waals surface area contributed by atoms with Crippen molar-refractivity contribution < 1.29 is 4.79 Å². The normalized spacial score (nSPS) is 10.1. The van der Waals surface area contributed by atoms with Gasteiger partial charge >= 0.3 is 0 Å². The van der Waals surface area contributed by atoms with Gasteiger partial charge in [-0.25, -0.2) is 0 Å². The third-order valence-corrected chi connectivity index (χ3v) is 2.21. The lowest BCUT2D eigenvalue weighted by Gasteiger charge is -2.04. The molecule has 0 aromatic heterocycles. The molecule has 0 spiro atoms. The largest absolute Gasteiger partial charge is 0.356 e. The second kappa shape index (κ2) is 10.5. The van der Waals surface area contributed by atoms with E-state index in [4.69, 9.17) is 5.73 Å². The Morgan fingerprint density at radius 2 is 1.86 bits per heavy atom. The summed E-state index contributed by atoms with van der Waals surface area (Å²) in [4.78, 5) is 11.2. The maximum atomic E-state index is 11.2. The molecule has 0 aliphatic rings. The minimum absolute atomic E-state index is 0.200. The highest BCUT2D eigenvalue weighted by Crippen LogP contribution is 1.98. The molecule has 0 unspecified atom stereocenters. The van der Waals surface area contributed by atoms with E-state index >= 15 is 0 Å². The van der Waals surface area contributed by atoms with Crippen molar-refractivity contribution in [2.45, 2.75) is 51.9 Å². The lowest BCUT2D eigenvalue weighted by atomic mass is 10.2. The Morgan fingerprint density at radius 3 is 2.50 bits per heavy atom. The molecule has 1 amide bonds. The van der Waals surface area contributed by atoms with Crippen LogP contribution in [0.15, 0.2) is 0 Å². The predicted octanol–water partition coefficient (Wildman–Crippen LogP) is 1.81. The number of hydrogen-bond donors (Lipinski definition) is 2. The highest BCUT2D eigenvalue weighted by atomic mass is 16.1. The monoisotopic (exact) mass is 200 g/mol. The molecule has 0 saturated heterocycles. The van der Waals surface area contributed by atoms with Gasteiger partial charge in [-0.2, -0.15) is 0 Å². The van der Waals surface area contributed by atoms with Crippen LogP contribution >= 0.6 is 0 Å². The zero-order valence-electron chi connectivity index (χ0n) is 9.35. The lowest BCUT2D eigenvalue weighted by Crippen LogP contribution is -2.23. The minimum Gasteiger partial charge on any atom is -0.356 e. The molecular formula is C11H24N2O. The second-order valence-corrected chi connectivity index (χ2v) is 3.66. The molecular weight excluding hydrogens is 176 g/mol. The summed E-state index contributed by atoms with van der Waals surface area (Å²) >= 11 is 0. The first-order valence-corrected chi connectivity index (χ1v) is 5.78. The Balaban J connectivity index is 3.07. The van der Waals surface area contributed by atoms with Crippen molar-refractivity contribution in [3.05, 3.63) is 0 Å². The van der Waals surface area contributed by atoms with Crippen LogP contribution in [-0.2, 0) is 4.79 Å². The summed E-state index contributed by atoms with van der Waals surface area (Å²) in [5, 5.41) is 2.92. The van der Waals surface area contributed by atoms with Gasteiger partial charge < -0.3 is 11.1 Å². The van der Waals surface area contributed by atoms with Crippen LogP contribution in [0.2, 0.25) is 0 Å². The van der Waals surface area contributed by atoms with Crippen molar-refractivity contribution in [3.8, 4) is 0 Å². The number of unbranched alkanes of at least 4 members (excludes halogenated alkanes) is 4. The summed E-state index contributed by atoms with van der Waals surface area (Å²) in [5.74, 6) is 0.200. The number of carbonyl (C=O) groups excluding carboxylic acids is 1. The standard InChI is InChI=1S/C11H24N2O/c1-2-3-8-11(14)13-10-7-5-4-6-9-12/h2-10,12H2,1H3,(H,13,14). The first kappa shape index (κ1) is 13.4. The highest BCUT2D eigenvalue weighted by molar-refractivity contribution is 5.75. The molecule has 0 rings (SSSR count). The van der Waals surface area contributed by atoms with Gasteiger partial charge in [-0.15, -0.1) is 0 Å². The Kier molecular flexibility index (Phi) is 10.1. The molecule has 0 heterocycles. The summed E-state index contributed by atoms with van der Waals surface area (Å²) in [5.41, 5.74) is 5.38. The molecule has 0 aromatic rings. The maximum Gasteiger partial charge on any atom is 0.219 e. The highest BCUT2D eigenvalue weighted by Gasteiger charge is 1.98. The van der Waals surface area contributed by atoms with Crippen molar-refractivity contribution in [1.82, 2.24) is 5.32 Å². The first-order valence-electron chi connectivity index (χ1n) is 5.78. The lowest BCUT2D eigenvalue weighted by molar-refractivity contribution is -0.121. The van der Waals surface area contributed by atoms with Gasteiger partial charge in [0.05, 0.1) is 0 Å². The first-order chi connectivity index (χ1) is 6.81. The average molecular weight is 200 g/mol. The molecule has 0 bridgehead atoms. The summed E-state index contributed by atoms with van der Waals surface area (Å²) < 4.78 is 0. The molecule has 0 atom stereocenters. The summed E-state index contributed by atoms with van der Waals surface area (Å²) in [7, 11) is 0. The van der Waals surface area contributed by atoms with Gasteiger partial charge in [-0.1, -0.05) is 26.2 Å². The van der Waals surface area contributed by atoms with Crippen LogP contribution in [0.3, 0.4) is 0 Å². The topological polar surface area (TPSA) is 55.1 Å². The molecule has 0 aliphatic heterocycles. The predicted molar refractivity (Wildman–Crippen MR) is 60.1 cm³/mol. The number of rotatable bonds is 9. The van der Waals surface area contributed by atoms with Crippen molar-refractivity contribution >= 4 is 5.91 Å². The van der Waals surface area contributed by atoms with Crippen LogP contribution in [0.1, 0.15) is 51.9 Å². The van der Waals surface area contributed by atoms with Gasteiger partial charge in [-0.05, 0) is 25.8 Å². The number of nitrogens with two attached hydrogens (primary N) is 1. The third kappa shape index (κ3) is 9.52. The van der Waals surface area contributed by atoms with Crippen molar-refractivity contribution in [1.29, 1.82) is 0 Å². The molecule has 3 nitrogen and oxygen atoms in total. The van der Waals surface area contributed by atoms with Crippen LogP contribution in [0.4, 0.5) is 0 Å². The van der Waals surface area contributed by atoms with E-state index in [2.05, 4.69) is 12.2 Å². The Bertz CT molecular complexity index is 137. The Hall–Kier alpha value is -0.570. The van der Waals surface area contributed by atoms with Crippen molar-refractivity contribution in [3.63, 3.8) is 0 Å². The smallest absolute Gasteiger partial charge is 0.219 e. The molecule has 0 aromatic carbocycles. The number of hydrogen-bond acceptors (Lipinski definition) is 2. The van der Waals surface area contributed by atoms with Crippen LogP contribution in [0.25, 0.3) is 0 Å². The van der Waals surface area contributed by atoms with Crippen LogP contribution in [-0.4, -0.2) is 19.0 Å². The Labute approximate surface area is 87.4 Å². The van der Waals surface area contributed by atoms with Crippen molar-refractivity contribution in [2.24, 2.45) is 5.73 Å². The number of carbonyl (C=O) groups is 1. The second-order valence-electron chi connectivity index (χ2n) is 3.66. The Morgan fingerprint density at radius 1 is 1.14 bits per heavy atom. The summed E-state index contributed by atoms with van der Waals surface area (Å²) in [6.07, 6.45) is 7.30. The van der Waals surface area contributed by atoms with E-state index in [0.717, 1.165) is 38.8 Å². The molecule has 3 N–H and O–H groups in total. The van der Waals surface area contributed by atoms with Crippen LogP contribution < -0.4 is 11.1 Å². The van der Waals surface area contributed by atoms with Gasteiger partial charge in [-0.3, -0.25) is 4.79 Å². The van der Waals surface area contributed by atoms with E-state index in [-0.39, 0.29) is 5.91 Å². The van der Waals surface area contributed by atoms with Gasteiger partial charge in [0.25, 0.3) is 0 Å². The zero-order chi connectivity index (χ0) is 10.6. The number of amides is 1. The maximum absolute atomic E-state index is 11.2. The van der Waals surface area contributed by atoms with E-state index in [1.165, 1.54) is 12.8 Å². The van der Waals surface area contributed by atoms with Crippen molar-refractivity contribution in [2.75, 3.05) is 13.1 Å². The van der Waals surface area contributed by atoms with E-state index in [1.54, 1.807) is 0 Å². The third-order valence-electron chi connectivity index (χ3n) is 2.21. The molecule has 0 saturated carbocycles. The molecule has 0 fully saturated rings. The van der Waals surface area contributed by atoms with Crippen LogP contribution in [0, 0.1) is 0 Å². The van der Waals surface area contributed by atoms with E-state index in [9.17, 15) is 4.79 Å². The molecule has 0 aliphatic carbocycles. The fourth-order valence-electron chi connectivity index (χ4n) is 1.28. The summed E-state index contributed by atoms with van der Waals surface area (Å²) in [6.45, 7) is 3.70. The summed E-state index contributed by atoms with van der Waals surface area (Å²) in [6, 6.07) is 0. The molecule has 3 heteroatoms. The molecule has 14 heavy (non-hydrogen) atoms.